The lowest BCUT2D eigenvalue weighted by atomic mass is 10.3. The largest absolute Gasteiger partial charge is 0.352 e. The van der Waals surface area contributed by atoms with E-state index in [9.17, 15) is 10.1 Å². The Morgan fingerprint density at radius 2 is 2.25 bits per heavy atom. The van der Waals surface area contributed by atoms with Crippen molar-refractivity contribution < 1.29 is 9.45 Å². The summed E-state index contributed by atoms with van der Waals surface area (Å²) in [7, 11) is 0. The zero-order chi connectivity index (χ0) is 11.5. The molecule has 1 saturated heterocycles. The SMILES string of the molecule is Cc1noc(CN2CCNCC2)c1[N+](=O)[O-]. The highest BCUT2D eigenvalue weighted by Crippen LogP contribution is 2.23. The molecule has 1 aliphatic rings. The molecule has 88 valence electrons. The number of nitrogens with one attached hydrogen (secondary N) is 1. The third-order valence-electron chi connectivity index (χ3n) is 2.66. The van der Waals surface area contributed by atoms with Crippen LogP contribution in [0.3, 0.4) is 0 Å². The summed E-state index contributed by atoms with van der Waals surface area (Å²) in [6.45, 7) is 5.59. The maximum Gasteiger partial charge on any atom is 0.335 e. The summed E-state index contributed by atoms with van der Waals surface area (Å²) >= 11 is 0. The van der Waals surface area contributed by atoms with Crippen molar-refractivity contribution in [3.8, 4) is 0 Å². The minimum atomic E-state index is -0.427. The first-order valence-electron chi connectivity index (χ1n) is 5.21. The molecule has 0 saturated carbocycles. The van der Waals surface area contributed by atoms with Crippen molar-refractivity contribution in [2.45, 2.75) is 13.5 Å². The van der Waals surface area contributed by atoms with Crippen LogP contribution in [0, 0.1) is 17.0 Å². The van der Waals surface area contributed by atoms with Gasteiger partial charge in [-0.3, -0.25) is 15.0 Å². The summed E-state index contributed by atoms with van der Waals surface area (Å²) in [5.41, 5.74) is 0.355. The van der Waals surface area contributed by atoms with Crippen molar-refractivity contribution in [1.82, 2.24) is 15.4 Å². The van der Waals surface area contributed by atoms with Gasteiger partial charge in [0.25, 0.3) is 0 Å². The Morgan fingerprint density at radius 1 is 1.56 bits per heavy atom. The molecule has 0 aliphatic carbocycles. The first-order valence-corrected chi connectivity index (χ1v) is 5.21. The normalized spacial score (nSPS) is 17.6. The Kier molecular flexibility index (Phi) is 3.16. The van der Waals surface area contributed by atoms with Crippen LogP contribution >= 0.6 is 0 Å². The van der Waals surface area contributed by atoms with E-state index in [1.165, 1.54) is 0 Å². The van der Waals surface area contributed by atoms with E-state index in [1.54, 1.807) is 6.92 Å². The molecule has 1 aromatic rings. The van der Waals surface area contributed by atoms with Gasteiger partial charge in [0, 0.05) is 26.2 Å². The second-order valence-corrected chi connectivity index (χ2v) is 3.82. The monoisotopic (exact) mass is 226 g/mol. The molecule has 0 unspecified atom stereocenters. The molecule has 0 bridgehead atoms. The van der Waals surface area contributed by atoms with Crippen molar-refractivity contribution in [2.24, 2.45) is 0 Å². The van der Waals surface area contributed by atoms with Gasteiger partial charge >= 0.3 is 5.69 Å². The van der Waals surface area contributed by atoms with E-state index in [0.29, 0.717) is 18.0 Å². The number of nitro groups is 1. The van der Waals surface area contributed by atoms with Gasteiger partial charge in [-0.2, -0.15) is 0 Å². The van der Waals surface area contributed by atoms with Gasteiger partial charge < -0.3 is 9.84 Å². The third-order valence-corrected chi connectivity index (χ3v) is 2.66. The number of aryl methyl sites for hydroxylation is 1. The fourth-order valence-corrected chi connectivity index (χ4v) is 1.82. The Balaban J connectivity index is 2.11. The Bertz CT molecular complexity index is 384. The van der Waals surface area contributed by atoms with Crippen molar-refractivity contribution in [2.75, 3.05) is 26.2 Å². The van der Waals surface area contributed by atoms with Crippen molar-refractivity contribution in [3.63, 3.8) is 0 Å². The summed E-state index contributed by atoms with van der Waals surface area (Å²) in [4.78, 5) is 12.5. The van der Waals surface area contributed by atoms with E-state index in [1.807, 2.05) is 0 Å². The molecule has 1 fully saturated rings. The van der Waals surface area contributed by atoms with Crippen molar-refractivity contribution >= 4 is 5.69 Å². The highest BCUT2D eigenvalue weighted by molar-refractivity contribution is 5.37. The summed E-state index contributed by atoms with van der Waals surface area (Å²) < 4.78 is 5.01. The zero-order valence-corrected chi connectivity index (χ0v) is 9.10. The number of nitrogens with zero attached hydrogens (tertiary/aromatic N) is 3. The molecule has 0 spiro atoms. The van der Waals surface area contributed by atoms with Crippen LogP contribution in [0.2, 0.25) is 0 Å². The number of hydrogen-bond acceptors (Lipinski definition) is 6. The molecular formula is C9H14N4O3. The van der Waals surface area contributed by atoms with Gasteiger partial charge in [0.05, 0.1) is 11.5 Å². The van der Waals surface area contributed by atoms with E-state index in [0.717, 1.165) is 26.2 Å². The van der Waals surface area contributed by atoms with Crippen molar-refractivity contribution in [3.05, 3.63) is 21.6 Å². The standard InChI is InChI=1S/C9H14N4O3/c1-7-9(13(14)15)8(16-11-7)6-12-4-2-10-3-5-12/h10H,2-6H2,1H3. The molecule has 1 aliphatic heterocycles. The van der Waals surface area contributed by atoms with Crippen molar-refractivity contribution in [1.29, 1.82) is 0 Å². The second-order valence-electron chi connectivity index (χ2n) is 3.82. The molecule has 0 radical (unpaired) electrons. The van der Waals surface area contributed by atoms with Crippen LogP contribution in [0.25, 0.3) is 0 Å². The third kappa shape index (κ3) is 2.20. The van der Waals surface area contributed by atoms with Gasteiger partial charge in [-0.15, -0.1) is 0 Å². The Labute approximate surface area is 92.5 Å². The topological polar surface area (TPSA) is 84.4 Å². The number of aromatic nitrogens is 1. The molecule has 0 atom stereocenters. The molecule has 0 aromatic carbocycles. The molecule has 16 heavy (non-hydrogen) atoms. The number of hydrogen-bond donors (Lipinski definition) is 1. The first-order chi connectivity index (χ1) is 7.68. The highest BCUT2D eigenvalue weighted by atomic mass is 16.6. The predicted molar refractivity (Wildman–Crippen MR) is 56.0 cm³/mol. The zero-order valence-electron chi connectivity index (χ0n) is 9.10. The van der Waals surface area contributed by atoms with Gasteiger partial charge in [-0.25, -0.2) is 0 Å². The quantitative estimate of drug-likeness (QED) is 0.589. The molecule has 1 N–H and O–H groups in total. The summed E-state index contributed by atoms with van der Waals surface area (Å²) in [5, 5.41) is 17.7. The van der Waals surface area contributed by atoms with E-state index >= 15 is 0 Å². The molecular weight excluding hydrogens is 212 g/mol. The molecule has 2 rings (SSSR count). The van der Waals surface area contributed by atoms with Crippen LogP contribution in [0.5, 0.6) is 0 Å². The lowest BCUT2D eigenvalue weighted by Gasteiger charge is -2.25. The summed E-state index contributed by atoms with van der Waals surface area (Å²) in [6.07, 6.45) is 0. The fourth-order valence-electron chi connectivity index (χ4n) is 1.82. The van der Waals surface area contributed by atoms with Crippen LogP contribution in [0.15, 0.2) is 4.52 Å². The van der Waals surface area contributed by atoms with Crippen LogP contribution in [-0.2, 0) is 6.54 Å². The lowest BCUT2D eigenvalue weighted by Crippen LogP contribution is -2.42. The number of rotatable bonds is 3. The lowest BCUT2D eigenvalue weighted by molar-refractivity contribution is -0.386. The highest BCUT2D eigenvalue weighted by Gasteiger charge is 2.26. The van der Waals surface area contributed by atoms with Gasteiger partial charge in [-0.05, 0) is 6.92 Å². The molecule has 2 heterocycles. The Morgan fingerprint density at radius 3 is 2.88 bits per heavy atom. The maximum absolute atomic E-state index is 10.8. The number of piperazine rings is 1. The smallest absolute Gasteiger partial charge is 0.335 e. The molecule has 1 aromatic heterocycles. The van der Waals surface area contributed by atoms with Crippen LogP contribution in [-0.4, -0.2) is 41.2 Å². The minimum absolute atomic E-state index is 0.0125. The average Bonchev–Trinajstić information content (AvgIpc) is 2.61. The second kappa shape index (κ2) is 4.58. The van der Waals surface area contributed by atoms with E-state index in [4.69, 9.17) is 4.52 Å². The van der Waals surface area contributed by atoms with Crippen LogP contribution in [0.1, 0.15) is 11.5 Å². The first kappa shape index (κ1) is 11.0. The summed E-state index contributed by atoms with van der Waals surface area (Å²) in [5.74, 6) is 0.351. The maximum atomic E-state index is 10.8. The average molecular weight is 226 g/mol. The van der Waals surface area contributed by atoms with Gasteiger partial charge in [0.1, 0.15) is 0 Å². The Hall–Kier alpha value is -1.47. The molecule has 7 heteroatoms. The summed E-state index contributed by atoms with van der Waals surface area (Å²) in [6, 6.07) is 0. The minimum Gasteiger partial charge on any atom is -0.352 e. The van der Waals surface area contributed by atoms with E-state index < -0.39 is 4.92 Å². The molecule has 7 nitrogen and oxygen atoms in total. The predicted octanol–water partition coefficient (Wildman–Crippen LogP) is 0.296. The van der Waals surface area contributed by atoms with E-state index in [2.05, 4.69) is 15.4 Å². The fraction of sp³-hybridized carbons (Fsp3) is 0.667. The van der Waals surface area contributed by atoms with E-state index in [-0.39, 0.29) is 5.69 Å². The van der Waals surface area contributed by atoms with Gasteiger partial charge in [0.2, 0.25) is 5.76 Å². The van der Waals surface area contributed by atoms with Crippen LogP contribution in [0.4, 0.5) is 5.69 Å². The molecule has 0 amide bonds. The van der Waals surface area contributed by atoms with Crippen LogP contribution < -0.4 is 5.32 Å². The van der Waals surface area contributed by atoms with Gasteiger partial charge in [0.15, 0.2) is 5.69 Å². The van der Waals surface area contributed by atoms with Gasteiger partial charge in [-0.1, -0.05) is 5.16 Å².